The molecule has 7 heteroatoms. The van der Waals surface area contributed by atoms with Crippen LogP contribution >= 0.6 is 11.6 Å². The number of rotatable bonds is 7. The molecule has 0 aliphatic carbocycles. The third-order valence-corrected chi connectivity index (χ3v) is 6.40. The van der Waals surface area contributed by atoms with Crippen LogP contribution in [0.2, 0.25) is 5.02 Å². The lowest BCUT2D eigenvalue weighted by Crippen LogP contribution is -2.38. The zero-order valence-electron chi connectivity index (χ0n) is 17.5. The molecular weight excluding hydrogens is 414 g/mol. The van der Waals surface area contributed by atoms with Gasteiger partial charge in [0.25, 0.3) is 0 Å². The molecule has 0 saturated carbocycles. The number of pyridine rings is 1. The third-order valence-electron chi connectivity index (χ3n) is 6.10. The average Bonchev–Trinajstić information content (AvgIpc) is 2.80. The van der Waals surface area contributed by atoms with Gasteiger partial charge in [-0.3, -0.25) is 14.6 Å². The molecule has 31 heavy (non-hydrogen) atoms. The molecular formula is C24H28ClN3O3. The van der Waals surface area contributed by atoms with Crippen molar-refractivity contribution in [2.75, 3.05) is 31.6 Å². The molecule has 0 unspecified atom stereocenters. The number of nitrogens with one attached hydrogen (secondary N) is 2. The molecule has 0 spiro atoms. The van der Waals surface area contributed by atoms with Crippen LogP contribution in [0.5, 0.6) is 0 Å². The van der Waals surface area contributed by atoms with Gasteiger partial charge in [0.05, 0.1) is 5.02 Å². The minimum Gasteiger partial charge on any atom is -0.385 e. The Morgan fingerprint density at radius 3 is 2.84 bits per heavy atom. The fraction of sp³-hybridized carbons (Fsp3) is 0.458. The van der Waals surface area contributed by atoms with Crippen LogP contribution in [0.3, 0.4) is 0 Å². The van der Waals surface area contributed by atoms with E-state index < -0.39 is 0 Å². The second-order valence-corrected chi connectivity index (χ2v) is 8.76. The highest BCUT2D eigenvalue weighted by Gasteiger charge is 2.25. The number of ketones is 1. The van der Waals surface area contributed by atoms with Gasteiger partial charge in [-0.05, 0) is 48.9 Å². The van der Waals surface area contributed by atoms with Crippen LogP contribution in [0, 0.1) is 11.8 Å². The Hall–Kier alpha value is -2.44. The van der Waals surface area contributed by atoms with Crippen LogP contribution in [-0.4, -0.2) is 43.0 Å². The van der Waals surface area contributed by atoms with Gasteiger partial charge in [-0.2, -0.15) is 0 Å². The first-order chi connectivity index (χ1) is 15.1. The van der Waals surface area contributed by atoms with Gasteiger partial charge in [0, 0.05) is 68.2 Å². The number of aromatic nitrogens is 1. The summed E-state index contributed by atoms with van der Waals surface area (Å²) in [6, 6.07) is 10.1. The zero-order chi connectivity index (χ0) is 21.6. The van der Waals surface area contributed by atoms with Gasteiger partial charge in [-0.1, -0.05) is 23.7 Å². The molecule has 2 aliphatic heterocycles. The average molecular weight is 442 g/mol. The van der Waals surface area contributed by atoms with Gasteiger partial charge >= 0.3 is 0 Å². The Bertz CT molecular complexity index is 933. The standard InChI is InChI=1S/C24H28ClN3O3/c25-22-15-27-20(12-23(29)18-4-5-24(30)28-14-18)11-21(22)17-2-1-3-19(10-17)26-13-16-6-8-31-9-7-16/h1-3,10-11,15-16,18,26H,4-9,12-14H2,(H,28,30)/t18-/m1/s1. The minimum absolute atomic E-state index is 0.0151. The largest absolute Gasteiger partial charge is 0.385 e. The van der Waals surface area contributed by atoms with E-state index in [2.05, 4.69) is 27.8 Å². The number of halogens is 1. The Balaban J connectivity index is 1.44. The predicted molar refractivity (Wildman–Crippen MR) is 121 cm³/mol. The van der Waals surface area contributed by atoms with E-state index in [9.17, 15) is 9.59 Å². The number of piperidine rings is 1. The van der Waals surface area contributed by atoms with Crippen LogP contribution < -0.4 is 10.6 Å². The summed E-state index contributed by atoms with van der Waals surface area (Å²) in [6.07, 6.45) is 5.04. The van der Waals surface area contributed by atoms with Crippen molar-refractivity contribution in [3.63, 3.8) is 0 Å². The number of Topliss-reactive ketones (excluding diaryl/α,β-unsaturated/α-hetero) is 1. The van der Waals surface area contributed by atoms with Crippen LogP contribution in [-0.2, 0) is 20.7 Å². The van der Waals surface area contributed by atoms with Crippen molar-refractivity contribution in [3.05, 3.63) is 47.2 Å². The van der Waals surface area contributed by atoms with Crippen molar-refractivity contribution >= 4 is 29.0 Å². The van der Waals surface area contributed by atoms with Crippen molar-refractivity contribution < 1.29 is 14.3 Å². The second kappa shape index (κ2) is 10.2. The Kier molecular flexibility index (Phi) is 7.20. The molecule has 6 nitrogen and oxygen atoms in total. The number of ether oxygens (including phenoxy) is 1. The lowest BCUT2D eigenvalue weighted by Gasteiger charge is -2.22. The molecule has 2 aliphatic rings. The number of nitrogens with zero attached hydrogens (tertiary/aromatic N) is 1. The van der Waals surface area contributed by atoms with Crippen molar-refractivity contribution in [2.45, 2.75) is 32.1 Å². The number of amides is 1. The van der Waals surface area contributed by atoms with Gasteiger partial charge in [0.2, 0.25) is 5.91 Å². The summed E-state index contributed by atoms with van der Waals surface area (Å²) in [4.78, 5) is 28.4. The zero-order valence-corrected chi connectivity index (χ0v) is 18.3. The summed E-state index contributed by atoms with van der Waals surface area (Å²) in [7, 11) is 0. The molecule has 1 atom stereocenters. The fourth-order valence-corrected chi connectivity index (χ4v) is 4.35. The van der Waals surface area contributed by atoms with E-state index in [1.807, 2.05) is 18.2 Å². The molecule has 0 bridgehead atoms. The lowest BCUT2D eigenvalue weighted by molar-refractivity contribution is -0.127. The molecule has 2 aromatic rings. The monoisotopic (exact) mass is 441 g/mol. The highest BCUT2D eigenvalue weighted by molar-refractivity contribution is 6.33. The number of hydrogen-bond donors (Lipinski definition) is 2. The van der Waals surface area contributed by atoms with E-state index in [0.717, 1.165) is 49.4 Å². The Morgan fingerprint density at radius 1 is 1.23 bits per heavy atom. The quantitative estimate of drug-likeness (QED) is 0.681. The number of benzene rings is 1. The van der Waals surface area contributed by atoms with Crippen molar-refractivity contribution in [1.82, 2.24) is 10.3 Å². The maximum atomic E-state index is 12.7. The molecule has 164 valence electrons. The Labute approximate surface area is 187 Å². The summed E-state index contributed by atoms with van der Waals surface area (Å²) >= 11 is 6.45. The maximum Gasteiger partial charge on any atom is 0.220 e. The van der Waals surface area contributed by atoms with Gasteiger partial charge in [0.15, 0.2) is 0 Å². The van der Waals surface area contributed by atoms with Gasteiger partial charge in [-0.15, -0.1) is 0 Å². The highest BCUT2D eigenvalue weighted by atomic mass is 35.5. The minimum atomic E-state index is -0.142. The van der Waals surface area contributed by atoms with Crippen LogP contribution in [0.25, 0.3) is 11.1 Å². The molecule has 4 rings (SSSR count). The van der Waals surface area contributed by atoms with Gasteiger partial charge in [0.1, 0.15) is 5.78 Å². The number of hydrogen-bond acceptors (Lipinski definition) is 5. The highest BCUT2D eigenvalue weighted by Crippen LogP contribution is 2.30. The van der Waals surface area contributed by atoms with E-state index in [1.54, 1.807) is 6.20 Å². The molecule has 2 fully saturated rings. The summed E-state index contributed by atoms with van der Waals surface area (Å²) in [5, 5.41) is 6.86. The number of anilines is 1. The van der Waals surface area contributed by atoms with Crippen molar-refractivity contribution in [1.29, 1.82) is 0 Å². The first-order valence-corrected chi connectivity index (χ1v) is 11.3. The van der Waals surface area contributed by atoms with Crippen LogP contribution in [0.4, 0.5) is 5.69 Å². The van der Waals surface area contributed by atoms with Crippen LogP contribution in [0.15, 0.2) is 36.5 Å². The fourth-order valence-electron chi connectivity index (χ4n) is 4.14. The first kappa shape index (κ1) is 21.8. The van der Waals surface area contributed by atoms with E-state index in [1.165, 1.54) is 0 Å². The van der Waals surface area contributed by atoms with Gasteiger partial charge in [-0.25, -0.2) is 0 Å². The second-order valence-electron chi connectivity index (χ2n) is 8.36. The topological polar surface area (TPSA) is 80.3 Å². The SMILES string of the molecule is O=C1CC[C@@H](C(=O)Cc2cc(-c3cccc(NCC4CCOCC4)c3)c(Cl)cn2)CN1. The summed E-state index contributed by atoms with van der Waals surface area (Å²) < 4.78 is 5.43. The van der Waals surface area contributed by atoms with Crippen LogP contribution in [0.1, 0.15) is 31.4 Å². The molecule has 2 saturated heterocycles. The van der Waals surface area contributed by atoms with E-state index in [0.29, 0.717) is 36.0 Å². The predicted octanol–water partition coefficient (Wildman–Crippen LogP) is 3.88. The normalized spacial score (nSPS) is 19.6. The lowest BCUT2D eigenvalue weighted by atomic mass is 9.92. The number of carbonyl (C=O) groups is 2. The molecule has 0 radical (unpaired) electrons. The summed E-state index contributed by atoms with van der Waals surface area (Å²) in [5.41, 5.74) is 3.60. The summed E-state index contributed by atoms with van der Waals surface area (Å²) in [6.45, 7) is 3.02. The first-order valence-electron chi connectivity index (χ1n) is 10.9. The van der Waals surface area contributed by atoms with Gasteiger partial charge < -0.3 is 15.4 Å². The Morgan fingerprint density at radius 2 is 2.06 bits per heavy atom. The molecule has 2 N–H and O–H groups in total. The van der Waals surface area contributed by atoms with E-state index in [4.69, 9.17) is 16.3 Å². The maximum absolute atomic E-state index is 12.7. The van der Waals surface area contributed by atoms with E-state index in [-0.39, 0.29) is 24.0 Å². The number of carbonyl (C=O) groups excluding carboxylic acids is 2. The van der Waals surface area contributed by atoms with Crippen molar-refractivity contribution in [3.8, 4) is 11.1 Å². The third kappa shape index (κ3) is 5.83. The van der Waals surface area contributed by atoms with E-state index >= 15 is 0 Å². The molecule has 1 amide bonds. The van der Waals surface area contributed by atoms with Crippen molar-refractivity contribution in [2.24, 2.45) is 11.8 Å². The molecule has 1 aromatic heterocycles. The molecule has 3 heterocycles. The molecule has 1 aromatic carbocycles. The smallest absolute Gasteiger partial charge is 0.220 e. The summed E-state index contributed by atoms with van der Waals surface area (Å²) in [5.74, 6) is 0.606.